The Balaban J connectivity index is 1.69. The van der Waals surface area contributed by atoms with Crippen LogP contribution in [0.1, 0.15) is 16.7 Å². The van der Waals surface area contributed by atoms with Crippen LogP contribution in [0.5, 0.6) is 0 Å². The quantitative estimate of drug-likeness (QED) is 0.285. The normalized spacial score (nSPS) is 12.3. The Labute approximate surface area is 165 Å². The molecule has 0 N–H and O–H groups in total. The summed E-state index contributed by atoms with van der Waals surface area (Å²) in [5.74, 6) is 0. The summed E-state index contributed by atoms with van der Waals surface area (Å²) in [6, 6.07) is 33.6. The van der Waals surface area contributed by atoms with Gasteiger partial charge in [0.1, 0.15) is 0 Å². The summed E-state index contributed by atoms with van der Waals surface area (Å²) in [4.78, 5) is 0. The highest BCUT2D eigenvalue weighted by atomic mass is 14.3. The van der Waals surface area contributed by atoms with Crippen molar-refractivity contribution in [1.82, 2.24) is 0 Å². The average molecular weight is 356 g/mol. The molecular weight excluding hydrogens is 336 g/mol. The van der Waals surface area contributed by atoms with Crippen molar-refractivity contribution in [1.29, 1.82) is 0 Å². The van der Waals surface area contributed by atoms with Gasteiger partial charge in [0.15, 0.2) is 0 Å². The van der Waals surface area contributed by atoms with Gasteiger partial charge in [-0.3, -0.25) is 0 Å². The average Bonchev–Trinajstić information content (AvgIpc) is 3.13. The molecule has 28 heavy (non-hydrogen) atoms. The van der Waals surface area contributed by atoms with Crippen LogP contribution in [0.4, 0.5) is 0 Å². The Bertz CT molecular complexity index is 1370. The van der Waals surface area contributed by atoms with E-state index in [2.05, 4.69) is 97.9 Å². The minimum atomic E-state index is 1.01. The molecule has 0 atom stereocenters. The molecular formula is C28H20. The van der Waals surface area contributed by atoms with Crippen molar-refractivity contribution in [2.75, 3.05) is 0 Å². The van der Waals surface area contributed by atoms with Crippen molar-refractivity contribution in [2.24, 2.45) is 0 Å². The molecule has 0 heterocycles. The van der Waals surface area contributed by atoms with Crippen LogP contribution in [0.2, 0.25) is 0 Å². The molecule has 0 saturated carbocycles. The predicted octanol–water partition coefficient (Wildman–Crippen LogP) is 7.54. The van der Waals surface area contributed by atoms with Gasteiger partial charge in [-0.15, -0.1) is 0 Å². The Kier molecular flexibility index (Phi) is 3.25. The Hall–Kier alpha value is -3.38. The van der Waals surface area contributed by atoms with Gasteiger partial charge in [0.2, 0.25) is 0 Å². The van der Waals surface area contributed by atoms with E-state index >= 15 is 0 Å². The summed E-state index contributed by atoms with van der Waals surface area (Å²) in [7, 11) is 0. The molecule has 0 radical (unpaired) electrons. The molecule has 1 aliphatic carbocycles. The third-order valence-electron chi connectivity index (χ3n) is 6.20. The van der Waals surface area contributed by atoms with Crippen LogP contribution in [-0.2, 0) is 6.42 Å². The molecule has 0 spiro atoms. The molecule has 1 aliphatic rings. The first-order chi connectivity index (χ1) is 13.8. The molecule has 132 valence electrons. The molecule has 5 aromatic carbocycles. The summed E-state index contributed by atoms with van der Waals surface area (Å²) >= 11 is 0. The smallest absolute Gasteiger partial charge is 0.000111 e. The highest BCUT2D eigenvalue weighted by Gasteiger charge is 2.24. The molecule has 0 bridgehead atoms. The maximum absolute atomic E-state index is 2.42. The van der Waals surface area contributed by atoms with E-state index in [0.29, 0.717) is 0 Å². The van der Waals surface area contributed by atoms with E-state index in [1.807, 2.05) is 0 Å². The van der Waals surface area contributed by atoms with Crippen LogP contribution in [0.3, 0.4) is 0 Å². The Morgan fingerprint density at radius 1 is 0.536 bits per heavy atom. The maximum Gasteiger partial charge on any atom is -0.000111 e. The lowest BCUT2D eigenvalue weighted by Gasteiger charge is -2.13. The van der Waals surface area contributed by atoms with E-state index in [1.54, 1.807) is 0 Å². The van der Waals surface area contributed by atoms with Gasteiger partial charge in [-0.25, -0.2) is 0 Å². The van der Waals surface area contributed by atoms with Gasteiger partial charge < -0.3 is 0 Å². The number of fused-ring (bicyclic) bond motifs is 7. The molecule has 0 fully saturated rings. The largest absolute Gasteiger partial charge is 0.0616 e. The Morgan fingerprint density at radius 2 is 1.21 bits per heavy atom. The summed E-state index contributed by atoms with van der Waals surface area (Å²) in [5.41, 5.74) is 9.65. The van der Waals surface area contributed by atoms with Gasteiger partial charge in [0, 0.05) is 0 Å². The van der Waals surface area contributed by atoms with Gasteiger partial charge in [-0.2, -0.15) is 0 Å². The van der Waals surface area contributed by atoms with Gasteiger partial charge >= 0.3 is 0 Å². The van der Waals surface area contributed by atoms with E-state index in [9.17, 15) is 0 Å². The first kappa shape index (κ1) is 15.7. The summed E-state index contributed by atoms with van der Waals surface area (Å²) in [5, 5.41) is 5.45. The summed E-state index contributed by atoms with van der Waals surface area (Å²) < 4.78 is 0. The minimum absolute atomic E-state index is 1.01. The molecule has 6 rings (SSSR count). The monoisotopic (exact) mass is 356 g/mol. The van der Waals surface area contributed by atoms with Crippen molar-refractivity contribution in [3.63, 3.8) is 0 Å². The van der Waals surface area contributed by atoms with E-state index in [-0.39, 0.29) is 0 Å². The lowest BCUT2D eigenvalue weighted by atomic mass is 9.91. The molecule has 0 amide bonds. The number of hydrogen-bond donors (Lipinski definition) is 0. The zero-order chi connectivity index (χ0) is 18.7. The Morgan fingerprint density at radius 3 is 2.04 bits per heavy atom. The summed E-state index contributed by atoms with van der Waals surface area (Å²) in [6.45, 7) is 2.14. The van der Waals surface area contributed by atoms with Gasteiger partial charge in [0.25, 0.3) is 0 Å². The fourth-order valence-electron chi connectivity index (χ4n) is 4.79. The van der Waals surface area contributed by atoms with E-state index < -0.39 is 0 Å². The van der Waals surface area contributed by atoms with Crippen LogP contribution >= 0.6 is 0 Å². The van der Waals surface area contributed by atoms with Crippen molar-refractivity contribution in [2.45, 2.75) is 13.3 Å². The molecule has 0 aliphatic heterocycles. The number of aryl methyl sites for hydroxylation is 1. The zero-order valence-corrected chi connectivity index (χ0v) is 15.9. The van der Waals surface area contributed by atoms with Crippen LogP contribution in [-0.4, -0.2) is 0 Å². The molecule has 0 heteroatoms. The lowest BCUT2D eigenvalue weighted by molar-refractivity contribution is 1.31. The summed E-state index contributed by atoms with van der Waals surface area (Å²) in [6.07, 6.45) is 1.01. The van der Waals surface area contributed by atoms with Crippen LogP contribution in [0.25, 0.3) is 43.8 Å². The topological polar surface area (TPSA) is 0 Å². The van der Waals surface area contributed by atoms with E-state index in [1.165, 1.54) is 60.5 Å². The predicted molar refractivity (Wildman–Crippen MR) is 120 cm³/mol. The second-order valence-corrected chi connectivity index (χ2v) is 7.85. The van der Waals surface area contributed by atoms with Gasteiger partial charge in [-0.1, -0.05) is 90.5 Å². The zero-order valence-electron chi connectivity index (χ0n) is 15.9. The fraction of sp³-hybridized carbons (Fsp3) is 0.0714. The molecule has 0 aromatic heterocycles. The number of rotatable bonds is 1. The number of benzene rings is 5. The molecule has 0 saturated heterocycles. The molecule has 0 unspecified atom stereocenters. The van der Waals surface area contributed by atoms with Crippen LogP contribution < -0.4 is 0 Å². The first-order valence-electron chi connectivity index (χ1n) is 9.92. The molecule has 0 nitrogen and oxygen atoms in total. The second kappa shape index (κ2) is 5.81. The molecule has 5 aromatic rings. The number of hydrogen-bond acceptors (Lipinski definition) is 0. The van der Waals surface area contributed by atoms with Crippen molar-refractivity contribution >= 4 is 21.5 Å². The minimum Gasteiger partial charge on any atom is -0.0616 e. The maximum atomic E-state index is 2.42. The first-order valence-corrected chi connectivity index (χ1v) is 9.92. The van der Waals surface area contributed by atoms with Crippen molar-refractivity contribution in [3.8, 4) is 22.3 Å². The van der Waals surface area contributed by atoms with Crippen molar-refractivity contribution < 1.29 is 0 Å². The van der Waals surface area contributed by atoms with Gasteiger partial charge in [-0.05, 0) is 74.3 Å². The highest BCUT2D eigenvalue weighted by Crippen LogP contribution is 2.46. The van der Waals surface area contributed by atoms with Crippen LogP contribution in [0, 0.1) is 6.92 Å². The third kappa shape index (κ3) is 2.18. The van der Waals surface area contributed by atoms with Crippen molar-refractivity contribution in [3.05, 3.63) is 108 Å². The fourth-order valence-corrected chi connectivity index (χ4v) is 4.79. The van der Waals surface area contributed by atoms with Gasteiger partial charge in [0.05, 0.1) is 0 Å². The highest BCUT2D eigenvalue weighted by molar-refractivity contribution is 6.06. The SMILES string of the molecule is Cc1ccc(-c2cc3c(c4ccccc24)Cc2c-3ccc3ccccc23)cc1. The van der Waals surface area contributed by atoms with E-state index in [4.69, 9.17) is 0 Å². The van der Waals surface area contributed by atoms with Crippen LogP contribution in [0.15, 0.2) is 91.0 Å². The lowest BCUT2D eigenvalue weighted by Crippen LogP contribution is -1.89. The standard InChI is InChI=1S/C28H20/c1-18-10-12-20(13-11-18)25-16-27-24-15-14-19-6-2-3-7-21(19)26(24)17-28(27)23-9-5-4-8-22(23)25/h2-16H,17H2,1H3. The van der Waals surface area contributed by atoms with E-state index in [0.717, 1.165) is 6.42 Å². The second-order valence-electron chi connectivity index (χ2n) is 7.85. The third-order valence-corrected chi connectivity index (χ3v) is 6.20.